The molecule has 2 aromatic carbocycles. The molecule has 0 saturated heterocycles. The van der Waals surface area contributed by atoms with Crippen LogP contribution < -0.4 is 10.1 Å². The number of ether oxygens (including phenoxy) is 1. The van der Waals surface area contributed by atoms with Gasteiger partial charge in [0, 0.05) is 24.7 Å². The number of nitrogens with one attached hydrogen (secondary N) is 1. The van der Waals surface area contributed by atoms with Crippen LogP contribution in [0, 0.1) is 21.4 Å². The molecule has 0 radical (unpaired) electrons. The fourth-order valence-electron chi connectivity index (χ4n) is 2.02. The van der Waals surface area contributed by atoms with Gasteiger partial charge in [0.25, 0.3) is 11.6 Å². The fraction of sp³-hybridized carbons (Fsp3) is 0.0556. The van der Waals surface area contributed by atoms with Crippen LogP contribution in [-0.2, 0) is 9.59 Å². The van der Waals surface area contributed by atoms with E-state index in [9.17, 15) is 25.0 Å². The Kier molecular flexibility index (Phi) is 6.41. The lowest BCUT2D eigenvalue weighted by Gasteiger charge is -2.06. The van der Waals surface area contributed by atoms with Crippen LogP contribution in [0.25, 0.3) is 6.08 Å². The Balaban J connectivity index is 2.18. The van der Waals surface area contributed by atoms with Gasteiger partial charge in [-0.25, -0.2) is 0 Å². The summed E-state index contributed by atoms with van der Waals surface area (Å²) in [6.07, 6.45) is 1.36. The molecule has 0 saturated carbocycles. The van der Waals surface area contributed by atoms with Crippen LogP contribution in [0.2, 0.25) is 0 Å². The van der Waals surface area contributed by atoms with Gasteiger partial charge in [-0.1, -0.05) is 6.07 Å². The zero-order valence-electron chi connectivity index (χ0n) is 13.9. The second-order valence-corrected chi connectivity index (χ2v) is 6.07. The maximum Gasteiger partial charge on any atom is 0.308 e. The average molecular weight is 430 g/mol. The highest BCUT2D eigenvalue weighted by Gasteiger charge is 2.12. The third kappa shape index (κ3) is 5.49. The predicted octanol–water partition coefficient (Wildman–Crippen LogP) is 3.83. The lowest BCUT2D eigenvalue weighted by atomic mass is 10.1. The van der Waals surface area contributed by atoms with Crippen LogP contribution in [-0.4, -0.2) is 16.8 Å². The van der Waals surface area contributed by atoms with Gasteiger partial charge in [-0.2, -0.15) is 5.26 Å². The van der Waals surface area contributed by atoms with Gasteiger partial charge < -0.3 is 10.1 Å². The van der Waals surface area contributed by atoms with Gasteiger partial charge >= 0.3 is 5.97 Å². The van der Waals surface area contributed by atoms with Gasteiger partial charge in [0.05, 0.1) is 9.40 Å². The molecule has 0 aliphatic carbocycles. The van der Waals surface area contributed by atoms with E-state index >= 15 is 0 Å². The molecule has 0 heterocycles. The maximum atomic E-state index is 12.2. The van der Waals surface area contributed by atoms with E-state index in [0.29, 0.717) is 21.5 Å². The minimum Gasteiger partial charge on any atom is -0.426 e. The van der Waals surface area contributed by atoms with E-state index < -0.39 is 16.8 Å². The van der Waals surface area contributed by atoms with E-state index in [1.54, 1.807) is 18.2 Å². The third-order valence-electron chi connectivity index (χ3n) is 3.22. The van der Waals surface area contributed by atoms with Crippen molar-refractivity contribution >= 4 is 45.3 Å². The number of carbonyl (C=O) groups excluding carboxylic acids is 2. The molecule has 2 rings (SSSR count). The first-order chi connectivity index (χ1) is 12.8. The Bertz CT molecular complexity index is 977. The van der Waals surface area contributed by atoms with Crippen molar-refractivity contribution in [2.45, 2.75) is 6.92 Å². The molecule has 0 aliphatic rings. The van der Waals surface area contributed by atoms with Gasteiger partial charge in [0.1, 0.15) is 17.4 Å². The number of nitro groups is 1. The molecular formula is C18H12BrN3O5. The van der Waals surface area contributed by atoms with Crippen molar-refractivity contribution < 1.29 is 19.2 Å². The number of halogens is 1. The number of hydrogen-bond donors (Lipinski definition) is 1. The monoisotopic (exact) mass is 429 g/mol. The Hall–Kier alpha value is -3.51. The SMILES string of the molecule is CC(=O)Oc1ccc(C=C(C#N)C(=O)Nc2ccc([N+](=O)[O-])cc2)cc1Br. The summed E-state index contributed by atoms with van der Waals surface area (Å²) in [4.78, 5) is 33.3. The van der Waals surface area contributed by atoms with Crippen molar-refractivity contribution in [1.82, 2.24) is 0 Å². The fourth-order valence-corrected chi connectivity index (χ4v) is 2.50. The lowest BCUT2D eigenvalue weighted by Crippen LogP contribution is -2.13. The number of rotatable bonds is 5. The van der Waals surface area contributed by atoms with Gasteiger partial charge in [-0.15, -0.1) is 0 Å². The quantitative estimate of drug-likeness (QED) is 0.192. The third-order valence-corrected chi connectivity index (χ3v) is 3.84. The predicted molar refractivity (Wildman–Crippen MR) is 101 cm³/mol. The van der Waals surface area contributed by atoms with Crippen LogP contribution >= 0.6 is 15.9 Å². The van der Waals surface area contributed by atoms with E-state index in [1.165, 1.54) is 43.3 Å². The summed E-state index contributed by atoms with van der Waals surface area (Å²) in [6.45, 7) is 1.27. The van der Waals surface area contributed by atoms with E-state index in [2.05, 4.69) is 21.2 Å². The molecule has 0 aromatic heterocycles. The van der Waals surface area contributed by atoms with Crippen LogP contribution in [0.3, 0.4) is 0 Å². The lowest BCUT2D eigenvalue weighted by molar-refractivity contribution is -0.384. The molecule has 136 valence electrons. The molecule has 0 aliphatic heterocycles. The first kappa shape index (κ1) is 19.8. The van der Waals surface area contributed by atoms with E-state index in [-0.39, 0.29) is 11.3 Å². The molecule has 27 heavy (non-hydrogen) atoms. The molecule has 0 fully saturated rings. The number of nitriles is 1. The van der Waals surface area contributed by atoms with Crippen LogP contribution in [0.15, 0.2) is 52.5 Å². The first-order valence-corrected chi connectivity index (χ1v) is 8.25. The molecule has 0 bridgehead atoms. The maximum absolute atomic E-state index is 12.2. The summed E-state index contributed by atoms with van der Waals surface area (Å²) in [5.41, 5.74) is 0.577. The van der Waals surface area contributed by atoms with Crippen molar-refractivity contribution in [3.63, 3.8) is 0 Å². The normalized spacial score (nSPS) is 10.6. The number of esters is 1. The van der Waals surface area contributed by atoms with Crippen molar-refractivity contribution in [1.29, 1.82) is 5.26 Å². The largest absolute Gasteiger partial charge is 0.426 e. The highest BCUT2D eigenvalue weighted by Crippen LogP contribution is 2.27. The van der Waals surface area contributed by atoms with Crippen molar-refractivity contribution in [2.24, 2.45) is 0 Å². The Morgan fingerprint density at radius 3 is 2.44 bits per heavy atom. The molecule has 0 spiro atoms. The molecule has 1 N–H and O–H groups in total. The van der Waals surface area contributed by atoms with Gasteiger partial charge in [0.15, 0.2) is 0 Å². The molecule has 8 nitrogen and oxygen atoms in total. The highest BCUT2D eigenvalue weighted by molar-refractivity contribution is 9.10. The van der Waals surface area contributed by atoms with Gasteiger partial charge in [-0.3, -0.25) is 19.7 Å². The van der Waals surface area contributed by atoms with E-state index in [1.807, 2.05) is 0 Å². The molecule has 0 unspecified atom stereocenters. The number of hydrogen-bond acceptors (Lipinski definition) is 6. The molecule has 2 aromatic rings. The minimum absolute atomic E-state index is 0.109. The summed E-state index contributed by atoms with van der Waals surface area (Å²) in [5.74, 6) is -0.820. The van der Waals surface area contributed by atoms with Crippen LogP contribution in [0.4, 0.5) is 11.4 Å². The smallest absolute Gasteiger partial charge is 0.308 e. The Labute approximate surface area is 162 Å². The second kappa shape index (κ2) is 8.73. The second-order valence-electron chi connectivity index (χ2n) is 5.21. The Morgan fingerprint density at radius 1 is 1.26 bits per heavy atom. The number of non-ortho nitro benzene ring substituents is 1. The van der Waals surface area contributed by atoms with Crippen molar-refractivity contribution in [3.05, 3.63) is 68.2 Å². The molecule has 0 atom stereocenters. The molecular weight excluding hydrogens is 418 g/mol. The summed E-state index contributed by atoms with van der Waals surface area (Å²) < 4.78 is 5.47. The number of nitrogens with zero attached hydrogens (tertiary/aromatic N) is 2. The average Bonchev–Trinajstić information content (AvgIpc) is 2.61. The van der Waals surface area contributed by atoms with Crippen LogP contribution in [0.5, 0.6) is 5.75 Å². The van der Waals surface area contributed by atoms with Crippen molar-refractivity contribution in [2.75, 3.05) is 5.32 Å². The highest BCUT2D eigenvalue weighted by atomic mass is 79.9. The topological polar surface area (TPSA) is 122 Å². The summed E-state index contributed by atoms with van der Waals surface area (Å²) in [7, 11) is 0. The Morgan fingerprint density at radius 2 is 1.93 bits per heavy atom. The zero-order chi connectivity index (χ0) is 20.0. The van der Waals surface area contributed by atoms with Crippen molar-refractivity contribution in [3.8, 4) is 11.8 Å². The standard InChI is InChI=1S/C18H12BrN3O5/c1-11(23)27-17-7-2-12(9-16(17)19)8-13(10-20)18(24)21-14-3-5-15(6-4-14)22(25)26/h2-9H,1H3,(H,21,24). The van der Waals surface area contributed by atoms with E-state index in [0.717, 1.165) is 0 Å². The zero-order valence-corrected chi connectivity index (χ0v) is 15.5. The summed E-state index contributed by atoms with van der Waals surface area (Å²) in [6, 6.07) is 11.7. The number of benzene rings is 2. The number of carbonyl (C=O) groups is 2. The molecule has 9 heteroatoms. The summed E-state index contributed by atoms with van der Waals surface area (Å²) in [5, 5.41) is 22.4. The minimum atomic E-state index is -0.661. The van der Waals surface area contributed by atoms with Gasteiger partial charge in [0.2, 0.25) is 0 Å². The number of nitro benzene ring substituents is 1. The van der Waals surface area contributed by atoms with E-state index in [4.69, 9.17) is 4.74 Å². The molecule has 1 amide bonds. The number of amides is 1. The van der Waals surface area contributed by atoms with Crippen LogP contribution in [0.1, 0.15) is 12.5 Å². The first-order valence-electron chi connectivity index (χ1n) is 7.45. The van der Waals surface area contributed by atoms with Gasteiger partial charge in [-0.05, 0) is 51.8 Å². The summed E-state index contributed by atoms with van der Waals surface area (Å²) >= 11 is 3.25. The number of anilines is 1.